The minimum Gasteiger partial charge on any atom is -0.434 e. The molecule has 0 radical (unpaired) electrons. The van der Waals surface area contributed by atoms with Crippen molar-refractivity contribution in [2.45, 2.75) is 6.54 Å². The van der Waals surface area contributed by atoms with Crippen LogP contribution in [0, 0.1) is 0 Å². The van der Waals surface area contributed by atoms with Gasteiger partial charge in [0, 0.05) is 12.4 Å². The Kier molecular flexibility index (Phi) is 4.04. The van der Waals surface area contributed by atoms with Gasteiger partial charge in [0.15, 0.2) is 0 Å². The minimum atomic E-state index is 0. The van der Waals surface area contributed by atoms with E-state index >= 15 is 0 Å². The molecular formula is C16H12CuN5. The molecule has 1 aromatic carbocycles. The van der Waals surface area contributed by atoms with E-state index in [0.717, 1.165) is 22.4 Å². The Morgan fingerprint density at radius 2 is 1.86 bits per heavy atom. The smallest absolute Gasteiger partial charge is 0.434 e. The molecular weight excluding hydrogens is 326 g/mol. The largest absolute Gasteiger partial charge is 1.00 e. The molecule has 0 N–H and O–H groups in total. The van der Waals surface area contributed by atoms with Crippen LogP contribution in [-0.4, -0.2) is 19.7 Å². The Hall–Kier alpha value is -2.43. The Labute approximate surface area is 137 Å². The van der Waals surface area contributed by atoms with Crippen molar-refractivity contribution in [2.24, 2.45) is 0 Å². The van der Waals surface area contributed by atoms with Crippen LogP contribution in [0.25, 0.3) is 22.6 Å². The molecule has 0 aliphatic rings. The molecule has 112 valence electrons. The van der Waals surface area contributed by atoms with Gasteiger partial charge in [-0.25, -0.2) is 0 Å². The van der Waals surface area contributed by atoms with E-state index in [2.05, 4.69) is 20.1 Å². The number of hydrogen-bond donors (Lipinski definition) is 0. The third kappa shape index (κ3) is 2.79. The summed E-state index contributed by atoms with van der Waals surface area (Å²) in [6, 6.07) is 15.6. The molecule has 22 heavy (non-hydrogen) atoms. The van der Waals surface area contributed by atoms with Crippen molar-refractivity contribution in [2.75, 3.05) is 0 Å². The number of rotatable bonds is 3. The van der Waals surface area contributed by atoms with Gasteiger partial charge < -0.3 is 9.97 Å². The van der Waals surface area contributed by atoms with Gasteiger partial charge >= 0.3 is 17.1 Å². The molecule has 4 aromatic rings. The molecule has 3 aromatic heterocycles. The van der Waals surface area contributed by atoms with Gasteiger partial charge in [0.05, 0.1) is 17.9 Å². The molecule has 3 heterocycles. The molecule has 0 aliphatic carbocycles. The molecule has 0 aliphatic heterocycles. The fraction of sp³-hybridized carbons (Fsp3) is 0.0625. The van der Waals surface area contributed by atoms with E-state index in [1.807, 2.05) is 59.4 Å². The predicted octanol–water partition coefficient (Wildman–Crippen LogP) is 2.50. The van der Waals surface area contributed by atoms with Gasteiger partial charge in [-0.1, -0.05) is 30.3 Å². The fourth-order valence-electron chi connectivity index (χ4n) is 2.27. The summed E-state index contributed by atoms with van der Waals surface area (Å²) in [7, 11) is 0. The standard InChI is InChI=1S/C16H12N5.Cu/c1-2-7-14-13(6-1)19-16(20-14)15-8-3-5-12(18-15)11-21-10-4-9-17-21;/h1-10H,11H2;/q-1;+1. The number of benzene rings is 1. The first kappa shape index (κ1) is 14.5. The molecule has 5 nitrogen and oxygen atoms in total. The second-order valence-corrected chi connectivity index (χ2v) is 4.75. The Balaban J connectivity index is 0.00000144. The number of pyridine rings is 1. The van der Waals surface area contributed by atoms with Gasteiger partial charge in [0.25, 0.3) is 0 Å². The van der Waals surface area contributed by atoms with E-state index in [-0.39, 0.29) is 17.1 Å². The van der Waals surface area contributed by atoms with Gasteiger partial charge in [-0.3, -0.25) is 9.67 Å². The summed E-state index contributed by atoms with van der Waals surface area (Å²) in [6.07, 6.45) is 3.68. The Bertz CT molecular complexity index is 849. The monoisotopic (exact) mass is 337 g/mol. The fourth-order valence-corrected chi connectivity index (χ4v) is 2.27. The molecule has 6 heteroatoms. The van der Waals surface area contributed by atoms with Crippen LogP contribution in [0.3, 0.4) is 0 Å². The maximum Gasteiger partial charge on any atom is 1.00 e. The average molecular weight is 338 g/mol. The predicted molar refractivity (Wildman–Crippen MR) is 79.6 cm³/mol. The SMILES string of the molecule is [Cu+].c1cc(Cn2cccn2)nc(-c2nc3ccccc3[n-]2)c1. The van der Waals surface area contributed by atoms with Gasteiger partial charge in [0.1, 0.15) is 0 Å². The third-order valence-corrected chi connectivity index (χ3v) is 3.25. The second-order valence-electron chi connectivity index (χ2n) is 4.75. The summed E-state index contributed by atoms with van der Waals surface area (Å²) in [4.78, 5) is 13.7. The van der Waals surface area contributed by atoms with Crippen molar-refractivity contribution in [1.82, 2.24) is 24.7 Å². The van der Waals surface area contributed by atoms with Crippen LogP contribution in [0.1, 0.15) is 5.69 Å². The molecule has 0 spiro atoms. The number of hydrogen-bond acceptors (Lipinski definition) is 3. The van der Waals surface area contributed by atoms with Crippen LogP contribution in [0.4, 0.5) is 0 Å². The van der Waals surface area contributed by atoms with Gasteiger partial charge in [0.2, 0.25) is 0 Å². The van der Waals surface area contributed by atoms with Crippen LogP contribution < -0.4 is 4.98 Å². The first-order valence-corrected chi connectivity index (χ1v) is 6.72. The summed E-state index contributed by atoms with van der Waals surface area (Å²) in [5.74, 6) is 0.665. The van der Waals surface area contributed by atoms with Crippen LogP contribution in [0.5, 0.6) is 0 Å². The van der Waals surface area contributed by atoms with Crippen LogP contribution in [0.2, 0.25) is 0 Å². The molecule has 0 amide bonds. The van der Waals surface area contributed by atoms with Crippen molar-refractivity contribution in [3.63, 3.8) is 0 Å². The maximum atomic E-state index is 4.63. The van der Waals surface area contributed by atoms with E-state index in [4.69, 9.17) is 0 Å². The number of nitrogens with zero attached hydrogens (tertiary/aromatic N) is 5. The molecule has 0 fully saturated rings. The molecule has 0 unspecified atom stereocenters. The van der Waals surface area contributed by atoms with Gasteiger partial charge in [-0.2, -0.15) is 5.10 Å². The van der Waals surface area contributed by atoms with Crippen molar-refractivity contribution in [3.05, 3.63) is 66.6 Å². The van der Waals surface area contributed by atoms with E-state index in [1.54, 1.807) is 6.20 Å². The van der Waals surface area contributed by atoms with Crippen molar-refractivity contribution >= 4 is 11.0 Å². The number of fused-ring (bicyclic) bond motifs is 1. The van der Waals surface area contributed by atoms with E-state index in [0.29, 0.717) is 12.4 Å². The van der Waals surface area contributed by atoms with E-state index < -0.39 is 0 Å². The van der Waals surface area contributed by atoms with E-state index in [1.165, 1.54) is 0 Å². The maximum absolute atomic E-state index is 4.63. The summed E-state index contributed by atoms with van der Waals surface area (Å²) in [5, 5.41) is 4.19. The quantitative estimate of drug-likeness (QED) is 0.539. The molecule has 4 rings (SSSR count). The first-order chi connectivity index (χ1) is 10.4. The van der Waals surface area contributed by atoms with Gasteiger partial charge in [-0.05, 0) is 35.1 Å². The molecule has 0 saturated heterocycles. The summed E-state index contributed by atoms with van der Waals surface area (Å²) < 4.78 is 1.84. The third-order valence-electron chi connectivity index (χ3n) is 3.25. The minimum absolute atomic E-state index is 0. The zero-order chi connectivity index (χ0) is 14.1. The van der Waals surface area contributed by atoms with Crippen LogP contribution in [0.15, 0.2) is 60.9 Å². The van der Waals surface area contributed by atoms with E-state index in [9.17, 15) is 0 Å². The summed E-state index contributed by atoms with van der Waals surface area (Å²) in [5.41, 5.74) is 3.51. The second kappa shape index (κ2) is 6.13. The number of imidazole rings is 1. The molecule has 0 saturated carbocycles. The summed E-state index contributed by atoms with van der Waals surface area (Å²) in [6.45, 7) is 0.640. The first-order valence-electron chi connectivity index (χ1n) is 6.72. The van der Waals surface area contributed by atoms with Crippen LogP contribution in [-0.2, 0) is 23.6 Å². The van der Waals surface area contributed by atoms with Crippen molar-refractivity contribution in [1.29, 1.82) is 0 Å². The zero-order valence-corrected chi connectivity index (χ0v) is 12.5. The number of aromatic nitrogens is 5. The van der Waals surface area contributed by atoms with Crippen LogP contribution >= 0.6 is 0 Å². The van der Waals surface area contributed by atoms with Crippen molar-refractivity contribution < 1.29 is 17.1 Å². The topological polar surface area (TPSA) is 57.7 Å². The Morgan fingerprint density at radius 1 is 0.955 bits per heavy atom. The summed E-state index contributed by atoms with van der Waals surface area (Å²) >= 11 is 0. The van der Waals surface area contributed by atoms with Crippen molar-refractivity contribution in [3.8, 4) is 11.5 Å². The number of para-hydroxylation sites is 2. The Morgan fingerprint density at radius 3 is 2.68 bits per heavy atom. The average Bonchev–Trinajstić information content (AvgIpc) is 3.16. The molecule has 0 bridgehead atoms. The molecule has 0 atom stereocenters. The van der Waals surface area contributed by atoms with Gasteiger partial charge in [-0.15, -0.1) is 0 Å². The zero-order valence-electron chi connectivity index (χ0n) is 11.5. The normalized spacial score (nSPS) is 10.5.